The third-order valence-corrected chi connectivity index (χ3v) is 1.97. The fourth-order valence-electron chi connectivity index (χ4n) is 1.08. The molecule has 4 nitrogen and oxygen atoms in total. The Morgan fingerprint density at radius 1 is 0.938 bits per heavy atom. The molecule has 96 valence electrons. The molecule has 0 aromatic rings. The second-order valence-corrected chi connectivity index (χ2v) is 3.78. The number of ether oxygens (including phenoxy) is 3. The Balaban J connectivity index is 4.30. The summed E-state index contributed by atoms with van der Waals surface area (Å²) >= 11 is 0. The molecule has 0 N–H and O–H groups in total. The molecule has 0 aromatic carbocycles. The topological polar surface area (TPSA) is 44.8 Å². The van der Waals surface area contributed by atoms with Gasteiger partial charge in [0.1, 0.15) is 0 Å². The minimum absolute atomic E-state index is 0.402. The van der Waals surface area contributed by atoms with E-state index in [0.717, 1.165) is 19.3 Å². The number of rotatable bonds is 9. The molecule has 0 bridgehead atoms. The average molecular weight is 232 g/mol. The maximum Gasteiger partial charge on any atom is 0.366 e. The Morgan fingerprint density at radius 3 is 1.75 bits per heavy atom. The summed E-state index contributed by atoms with van der Waals surface area (Å²) < 4.78 is 15.9. The van der Waals surface area contributed by atoms with Gasteiger partial charge in [0.05, 0.1) is 19.8 Å². The van der Waals surface area contributed by atoms with Crippen molar-refractivity contribution in [1.82, 2.24) is 0 Å². The molecule has 0 amide bonds. The van der Waals surface area contributed by atoms with Gasteiger partial charge in [-0.05, 0) is 19.3 Å². The van der Waals surface area contributed by atoms with Crippen molar-refractivity contribution < 1.29 is 19.0 Å². The minimum Gasteiger partial charge on any atom is -0.462 e. The van der Waals surface area contributed by atoms with Crippen LogP contribution in [0.25, 0.3) is 0 Å². The molecule has 4 heteroatoms. The lowest BCUT2D eigenvalue weighted by atomic mass is 10.3. The molecule has 0 saturated heterocycles. The van der Waals surface area contributed by atoms with Crippen LogP contribution < -0.4 is 0 Å². The Bertz CT molecular complexity index is 183. The van der Waals surface area contributed by atoms with E-state index in [2.05, 4.69) is 0 Å². The molecular weight excluding hydrogens is 208 g/mol. The molecule has 0 aliphatic heterocycles. The highest BCUT2D eigenvalue weighted by Gasteiger charge is 2.37. The van der Waals surface area contributed by atoms with Gasteiger partial charge in [0.15, 0.2) is 0 Å². The van der Waals surface area contributed by atoms with E-state index in [4.69, 9.17) is 14.2 Å². The summed E-state index contributed by atoms with van der Waals surface area (Å²) in [6.07, 6.45) is 2.47. The monoisotopic (exact) mass is 232 g/mol. The number of carbonyl (C=O) groups excluding carboxylic acids is 1. The van der Waals surface area contributed by atoms with Crippen LogP contribution in [0, 0.1) is 0 Å². The first-order valence-corrected chi connectivity index (χ1v) is 6.05. The highest BCUT2D eigenvalue weighted by molar-refractivity contribution is 5.77. The molecule has 0 aliphatic carbocycles. The lowest BCUT2D eigenvalue weighted by molar-refractivity contribution is -0.240. The van der Waals surface area contributed by atoms with Gasteiger partial charge in [0, 0.05) is 6.92 Å². The molecule has 0 radical (unpaired) electrons. The van der Waals surface area contributed by atoms with Crippen molar-refractivity contribution in [3.63, 3.8) is 0 Å². The maximum absolute atomic E-state index is 11.8. The van der Waals surface area contributed by atoms with Crippen LogP contribution in [0.5, 0.6) is 0 Å². The summed E-state index contributed by atoms with van der Waals surface area (Å²) in [6.45, 7) is 8.91. The zero-order chi connectivity index (χ0) is 12.4. The SMILES string of the molecule is CCCOC(=O)C(C)(OCCC)OCCC. The van der Waals surface area contributed by atoms with Crippen LogP contribution in [-0.2, 0) is 19.0 Å². The molecular formula is C12H24O4. The van der Waals surface area contributed by atoms with Crippen molar-refractivity contribution in [3.05, 3.63) is 0 Å². The first-order chi connectivity index (χ1) is 7.60. The fraction of sp³-hybridized carbons (Fsp3) is 0.917. The predicted octanol–water partition coefficient (Wildman–Crippen LogP) is 2.51. The van der Waals surface area contributed by atoms with E-state index in [1.54, 1.807) is 6.92 Å². The maximum atomic E-state index is 11.8. The lowest BCUT2D eigenvalue weighted by Crippen LogP contribution is -2.43. The second-order valence-electron chi connectivity index (χ2n) is 3.78. The van der Waals surface area contributed by atoms with Crippen molar-refractivity contribution in [2.45, 2.75) is 52.7 Å². The van der Waals surface area contributed by atoms with E-state index in [1.165, 1.54) is 0 Å². The standard InChI is InChI=1S/C12H24O4/c1-5-8-14-11(13)12(4,15-9-6-2)16-10-7-3/h5-10H2,1-4H3. The van der Waals surface area contributed by atoms with Crippen molar-refractivity contribution in [2.24, 2.45) is 0 Å². The Kier molecular flexibility index (Phi) is 8.21. The van der Waals surface area contributed by atoms with E-state index in [-0.39, 0.29) is 0 Å². The number of hydrogen-bond donors (Lipinski definition) is 0. The molecule has 0 aromatic heterocycles. The van der Waals surface area contributed by atoms with Crippen LogP contribution >= 0.6 is 0 Å². The number of carbonyl (C=O) groups is 1. The van der Waals surface area contributed by atoms with E-state index in [1.807, 2.05) is 20.8 Å². The normalized spacial score (nSPS) is 11.5. The zero-order valence-electron chi connectivity index (χ0n) is 10.9. The van der Waals surface area contributed by atoms with Crippen LogP contribution in [0.2, 0.25) is 0 Å². The summed E-state index contributed by atoms with van der Waals surface area (Å²) in [4.78, 5) is 11.8. The highest BCUT2D eigenvalue weighted by atomic mass is 16.7. The van der Waals surface area contributed by atoms with Gasteiger partial charge in [0.25, 0.3) is 5.79 Å². The summed E-state index contributed by atoms with van der Waals surface area (Å²) in [5.41, 5.74) is 0. The van der Waals surface area contributed by atoms with Crippen LogP contribution in [0.3, 0.4) is 0 Å². The highest BCUT2D eigenvalue weighted by Crippen LogP contribution is 2.16. The predicted molar refractivity (Wildman–Crippen MR) is 62.1 cm³/mol. The van der Waals surface area contributed by atoms with E-state index < -0.39 is 11.8 Å². The minimum atomic E-state index is -1.25. The van der Waals surface area contributed by atoms with Crippen LogP contribution in [-0.4, -0.2) is 31.6 Å². The quantitative estimate of drug-likeness (QED) is 0.452. The van der Waals surface area contributed by atoms with Crippen LogP contribution in [0.4, 0.5) is 0 Å². The lowest BCUT2D eigenvalue weighted by Gasteiger charge is -2.27. The third kappa shape index (κ3) is 5.47. The molecule has 0 rings (SSSR count). The molecule has 16 heavy (non-hydrogen) atoms. The Hall–Kier alpha value is -0.610. The van der Waals surface area contributed by atoms with Crippen LogP contribution in [0.1, 0.15) is 47.0 Å². The van der Waals surface area contributed by atoms with Gasteiger partial charge < -0.3 is 14.2 Å². The molecule has 0 atom stereocenters. The zero-order valence-corrected chi connectivity index (χ0v) is 10.9. The first-order valence-electron chi connectivity index (χ1n) is 6.05. The van der Waals surface area contributed by atoms with E-state index in [0.29, 0.717) is 19.8 Å². The first kappa shape index (κ1) is 15.4. The second kappa shape index (κ2) is 8.53. The van der Waals surface area contributed by atoms with E-state index >= 15 is 0 Å². The van der Waals surface area contributed by atoms with Gasteiger partial charge in [-0.25, -0.2) is 4.79 Å². The Labute approximate surface area is 98.3 Å². The number of hydrogen-bond acceptors (Lipinski definition) is 4. The van der Waals surface area contributed by atoms with Gasteiger partial charge >= 0.3 is 5.97 Å². The van der Waals surface area contributed by atoms with Crippen LogP contribution in [0.15, 0.2) is 0 Å². The van der Waals surface area contributed by atoms with Gasteiger partial charge in [-0.1, -0.05) is 20.8 Å². The molecule has 0 unspecified atom stereocenters. The van der Waals surface area contributed by atoms with Crippen molar-refractivity contribution in [2.75, 3.05) is 19.8 Å². The number of esters is 1. The molecule has 0 aliphatic rings. The van der Waals surface area contributed by atoms with E-state index in [9.17, 15) is 4.79 Å². The average Bonchev–Trinajstić information content (AvgIpc) is 2.30. The largest absolute Gasteiger partial charge is 0.462 e. The molecule has 0 fully saturated rings. The molecule has 0 spiro atoms. The summed E-state index contributed by atoms with van der Waals surface area (Å²) in [5.74, 6) is -1.68. The third-order valence-electron chi connectivity index (χ3n) is 1.97. The molecule has 0 heterocycles. The van der Waals surface area contributed by atoms with Crippen molar-refractivity contribution >= 4 is 5.97 Å². The molecule has 0 saturated carbocycles. The van der Waals surface area contributed by atoms with Gasteiger partial charge in [-0.2, -0.15) is 0 Å². The van der Waals surface area contributed by atoms with Gasteiger partial charge in [-0.3, -0.25) is 0 Å². The van der Waals surface area contributed by atoms with Gasteiger partial charge in [-0.15, -0.1) is 0 Å². The smallest absolute Gasteiger partial charge is 0.366 e. The summed E-state index contributed by atoms with van der Waals surface area (Å²) in [6, 6.07) is 0. The van der Waals surface area contributed by atoms with Gasteiger partial charge in [0.2, 0.25) is 0 Å². The fourth-order valence-corrected chi connectivity index (χ4v) is 1.08. The van der Waals surface area contributed by atoms with Crippen molar-refractivity contribution in [1.29, 1.82) is 0 Å². The summed E-state index contributed by atoms with van der Waals surface area (Å²) in [5, 5.41) is 0. The Morgan fingerprint density at radius 2 is 1.38 bits per heavy atom. The summed E-state index contributed by atoms with van der Waals surface area (Å²) in [7, 11) is 0. The van der Waals surface area contributed by atoms with Crippen molar-refractivity contribution in [3.8, 4) is 0 Å².